The molecule has 1 aromatic carbocycles. The van der Waals surface area contributed by atoms with Gasteiger partial charge in [0, 0.05) is 6.61 Å². The molecule has 0 amide bonds. The molecule has 0 heterocycles. The van der Waals surface area contributed by atoms with Gasteiger partial charge in [-0.25, -0.2) is 0 Å². The van der Waals surface area contributed by atoms with Gasteiger partial charge in [-0.15, -0.1) is 0 Å². The zero-order valence-electron chi connectivity index (χ0n) is 7.50. The van der Waals surface area contributed by atoms with Crippen molar-refractivity contribution in [3.63, 3.8) is 0 Å². The van der Waals surface area contributed by atoms with Crippen molar-refractivity contribution in [2.24, 2.45) is 0 Å². The highest BCUT2D eigenvalue weighted by Gasteiger charge is 1.98. The molecule has 0 aliphatic carbocycles. The molecule has 0 atom stereocenters. The second kappa shape index (κ2) is 4.17. The first-order chi connectivity index (χ1) is 5.77. The fraction of sp³-hybridized carbons (Fsp3) is 0.333. The molecular weight excluding hydrogens is 151 g/mol. The van der Waals surface area contributed by atoms with Crippen molar-refractivity contribution < 1.29 is 9.84 Å². The summed E-state index contributed by atoms with van der Waals surface area (Å²) in [6.45, 7) is 0.202. The first-order valence-corrected chi connectivity index (χ1v) is 4.02. The van der Waals surface area contributed by atoms with Crippen LogP contribution in [0.3, 0.4) is 0 Å². The molecule has 12 heavy (non-hydrogen) atoms. The highest BCUT2D eigenvalue weighted by Crippen LogP contribution is 2.08. The summed E-state index contributed by atoms with van der Waals surface area (Å²) < 4.78 is 5.07. The van der Waals surface area contributed by atoms with E-state index in [-0.39, 0.29) is 6.61 Å². The predicted molar refractivity (Wildman–Crippen MR) is 52.0 cm³/mol. The first kappa shape index (κ1) is 9.14. The highest BCUT2D eigenvalue weighted by molar-refractivity contribution is 6.33. The van der Waals surface area contributed by atoms with Crippen molar-refractivity contribution >= 4 is 13.3 Å². The van der Waals surface area contributed by atoms with Crippen LogP contribution in [0.2, 0.25) is 0 Å². The summed E-state index contributed by atoms with van der Waals surface area (Å²) in [4.78, 5) is 0. The molecule has 0 fully saturated rings. The van der Waals surface area contributed by atoms with E-state index in [4.69, 9.17) is 9.84 Å². The third-order valence-electron chi connectivity index (χ3n) is 1.93. The lowest BCUT2D eigenvalue weighted by Gasteiger charge is -2.06. The quantitative estimate of drug-likeness (QED) is 0.609. The zero-order chi connectivity index (χ0) is 8.97. The third kappa shape index (κ3) is 2.01. The second-order valence-corrected chi connectivity index (χ2v) is 2.77. The van der Waals surface area contributed by atoms with Gasteiger partial charge in [-0.05, 0) is 18.6 Å². The molecule has 3 heteroatoms. The maximum Gasteiger partial charge on any atom is 0.139 e. The van der Waals surface area contributed by atoms with E-state index in [1.54, 1.807) is 7.11 Å². The number of hydrogen-bond donors (Lipinski definition) is 1. The Kier molecular flexibility index (Phi) is 3.17. The standard InChI is InChI=1S/C9H13BO2/c1-12-8-3-2-7(4-5-11)9(10)6-8/h2-3,6,11H,4-5,10H2,1H3. The Hall–Kier alpha value is -0.955. The molecule has 0 aromatic heterocycles. The van der Waals surface area contributed by atoms with Gasteiger partial charge in [0.05, 0.1) is 7.11 Å². The summed E-state index contributed by atoms with van der Waals surface area (Å²) in [5.74, 6) is 0.870. The van der Waals surface area contributed by atoms with Crippen LogP contribution >= 0.6 is 0 Å². The Morgan fingerprint density at radius 2 is 2.25 bits per heavy atom. The van der Waals surface area contributed by atoms with Crippen molar-refractivity contribution in [2.45, 2.75) is 6.42 Å². The largest absolute Gasteiger partial charge is 0.497 e. The fourth-order valence-corrected chi connectivity index (χ4v) is 1.20. The van der Waals surface area contributed by atoms with E-state index < -0.39 is 0 Å². The highest BCUT2D eigenvalue weighted by atomic mass is 16.5. The van der Waals surface area contributed by atoms with Gasteiger partial charge in [0.2, 0.25) is 0 Å². The average Bonchev–Trinajstić information content (AvgIpc) is 2.09. The summed E-state index contributed by atoms with van der Waals surface area (Å²) in [6.07, 6.45) is 0.718. The van der Waals surface area contributed by atoms with E-state index in [0.29, 0.717) is 0 Å². The summed E-state index contributed by atoms with van der Waals surface area (Å²) in [5.41, 5.74) is 2.35. The predicted octanol–water partition coefficient (Wildman–Crippen LogP) is -0.512. The van der Waals surface area contributed by atoms with E-state index in [1.165, 1.54) is 11.0 Å². The topological polar surface area (TPSA) is 29.5 Å². The average molecular weight is 164 g/mol. The molecule has 64 valence electrons. The van der Waals surface area contributed by atoms with Crippen LogP contribution in [0.5, 0.6) is 5.75 Å². The maximum atomic E-state index is 8.74. The summed E-state index contributed by atoms with van der Waals surface area (Å²) in [6, 6.07) is 5.88. The SMILES string of the molecule is Bc1cc(OC)ccc1CCO. The van der Waals surface area contributed by atoms with Crippen LogP contribution in [0.4, 0.5) is 0 Å². The molecule has 0 aliphatic rings. The molecule has 1 N–H and O–H groups in total. The van der Waals surface area contributed by atoms with Crippen molar-refractivity contribution in [3.05, 3.63) is 23.8 Å². The van der Waals surface area contributed by atoms with Gasteiger partial charge in [-0.3, -0.25) is 0 Å². The van der Waals surface area contributed by atoms with Gasteiger partial charge in [0.25, 0.3) is 0 Å². The molecule has 0 aliphatic heterocycles. The number of methoxy groups -OCH3 is 1. The van der Waals surface area contributed by atoms with E-state index in [1.807, 2.05) is 26.0 Å². The molecule has 1 rings (SSSR count). The first-order valence-electron chi connectivity index (χ1n) is 4.02. The van der Waals surface area contributed by atoms with Gasteiger partial charge in [-0.2, -0.15) is 0 Å². The Labute approximate surface area is 73.6 Å². The monoisotopic (exact) mass is 164 g/mol. The lowest BCUT2D eigenvalue weighted by atomic mass is 9.89. The summed E-state index contributed by atoms with van der Waals surface area (Å²) >= 11 is 0. The Balaban J connectivity index is 2.87. The minimum absolute atomic E-state index is 0.202. The van der Waals surface area contributed by atoms with E-state index >= 15 is 0 Å². The summed E-state index contributed by atoms with van der Waals surface area (Å²) in [5, 5.41) is 8.74. The van der Waals surface area contributed by atoms with Crippen LogP contribution in [0.15, 0.2) is 18.2 Å². The van der Waals surface area contributed by atoms with Crippen molar-refractivity contribution in [1.29, 1.82) is 0 Å². The number of ether oxygens (including phenoxy) is 1. The minimum atomic E-state index is 0.202. The zero-order valence-corrected chi connectivity index (χ0v) is 7.50. The number of benzene rings is 1. The molecule has 0 bridgehead atoms. The van der Waals surface area contributed by atoms with Crippen molar-refractivity contribution in [1.82, 2.24) is 0 Å². The van der Waals surface area contributed by atoms with Crippen molar-refractivity contribution in [2.75, 3.05) is 13.7 Å². The lowest BCUT2D eigenvalue weighted by molar-refractivity contribution is 0.300. The van der Waals surface area contributed by atoms with E-state index in [9.17, 15) is 0 Å². The summed E-state index contributed by atoms with van der Waals surface area (Å²) in [7, 11) is 3.67. The lowest BCUT2D eigenvalue weighted by Crippen LogP contribution is -2.11. The van der Waals surface area contributed by atoms with E-state index in [2.05, 4.69) is 0 Å². The van der Waals surface area contributed by atoms with E-state index in [0.717, 1.165) is 12.2 Å². The molecule has 2 nitrogen and oxygen atoms in total. The molecule has 0 saturated heterocycles. The van der Waals surface area contributed by atoms with Crippen molar-refractivity contribution in [3.8, 4) is 5.75 Å². The van der Waals surface area contributed by atoms with Gasteiger partial charge < -0.3 is 9.84 Å². The molecule has 0 saturated carbocycles. The normalized spacial score (nSPS) is 9.83. The fourth-order valence-electron chi connectivity index (χ4n) is 1.20. The Morgan fingerprint density at radius 3 is 2.75 bits per heavy atom. The number of aliphatic hydroxyl groups excluding tert-OH is 1. The van der Waals surface area contributed by atoms with Crippen LogP contribution in [0.25, 0.3) is 0 Å². The Morgan fingerprint density at radius 1 is 1.50 bits per heavy atom. The van der Waals surface area contributed by atoms with Crippen LogP contribution in [-0.4, -0.2) is 26.7 Å². The molecule has 0 spiro atoms. The van der Waals surface area contributed by atoms with Crippen LogP contribution in [0, 0.1) is 0 Å². The van der Waals surface area contributed by atoms with Crippen LogP contribution in [0.1, 0.15) is 5.56 Å². The van der Waals surface area contributed by atoms with Crippen LogP contribution < -0.4 is 10.2 Å². The molecular formula is C9H13BO2. The molecule has 1 aromatic rings. The smallest absolute Gasteiger partial charge is 0.139 e. The number of rotatable bonds is 3. The van der Waals surface area contributed by atoms with Crippen LogP contribution in [-0.2, 0) is 6.42 Å². The molecule has 0 unspecified atom stereocenters. The van der Waals surface area contributed by atoms with Gasteiger partial charge >= 0.3 is 0 Å². The maximum absolute atomic E-state index is 8.74. The Bertz CT molecular complexity index is 261. The molecule has 0 radical (unpaired) electrons. The minimum Gasteiger partial charge on any atom is -0.497 e. The second-order valence-electron chi connectivity index (χ2n) is 2.77. The van der Waals surface area contributed by atoms with Gasteiger partial charge in [-0.1, -0.05) is 17.1 Å². The number of hydrogen-bond acceptors (Lipinski definition) is 2. The van der Waals surface area contributed by atoms with Gasteiger partial charge in [0.15, 0.2) is 0 Å². The number of aliphatic hydroxyl groups is 1. The third-order valence-corrected chi connectivity index (χ3v) is 1.93. The van der Waals surface area contributed by atoms with Gasteiger partial charge in [0.1, 0.15) is 13.6 Å².